The predicted octanol–water partition coefficient (Wildman–Crippen LogP) is 0.459. The molecule has 0 saturated heterocycles. The van der Waals surface area contributed by atoms with Gasteiger partial charge in [0.25, 0.3) is 0 Å². The van der Waals surface area contributed by atoms with Crippen LogP contribution in [0.1, 0.15) is 19.8 Å². The highest BCUT2D eigenvalue weighted by Crippen LogP contribution is 1.88. The molecule has 15 heavy (non-hydrogen) atoms. The highest BCUT2D eigenvalue weighted by atomic mass is 32.1. The Labute approximate surface area is 96.2 Å². The van der Waals surface area contributed by atoms with Gasteiger partial charge in [0.15, 0.2) is 0 Å². The molecule has 0 spiro atoms. The molecule has 4 nitrogen and oxygen atoms in total. The van der Waals surface area contributed by atoms with Gasteiger partial charge in [-0.2, -0.15) is 12.6 Å². The zero-order chi connectivity index (χ0) is 11.5. The second-order valence-corrected chi connectivity index (χ2v) is 3.66. The van der Waals surface area contributed by atoms with Crippen molar-refractivity contribution in [2.24, 2.45) is 0 Å². The van der Waals surface area contributed by atoms with Crippen LogP contribution in [0.3, 0.4) is 0 Å². The van der Waals surface area contributed by atoms with Crippen LogP contribution in [0.5, 0.6) is 0 Å². The van der Waals surface area contributed by atoms with Crippen molar-refractivity contribution in [2.45, 2.75) is 25.8 Å². The molecule has 0 unspecified atom stereocenters. The first-order valence-electron chi connectivity index (χ1n) is 5.07. The highest BCUT2D eigenvalue weighted by Gasteiger charge is 2.01. The summed E-state index contributed by atoms with van der Waals surface area (Å²) in [5.74, 6) is 0.651. The Balaban J connectivity index is 3.17. The molecule has 0 rings (SSSR count). The number of hydrogen-bond acceptors (Lipinski definition) is 5. The summed E-state index contributed by atoms with van der Waals surface area (Å²) in [4.78, 5) is 21.0. The molecule has 0 radical (unpaired) electrons. The van der Waals surface area contributed by atoms with Crippen molar-refractivity contribution < 1.29 is 14.3 Å². The molecule has 0 saturated carbocycles. The number of carbonyl (C=O) groups excluding carboxylic acids is 2. The van der Waals surface area contributed by atoms with Gasteiger partial charge in [-0.25, -0.2) is 0 Å². The van der Waals surface area contributed by atoms with E-state index in [1.807, 2.05) is 0 Å². The fourth-order valence-electron chi connectivity index (χ4n) is 0.935. The van der Waals surface area contributed by atoms with Crippen molar-refractivity contribution in [3.63, 3.8) is 0 Å². The van der Waals surface area contributed by atoms with E-state index in [1.165, 1.54) is 0 Å². The summed E-state index contributed by atoms with van der Waals surface area (Å²) in [6.45, 7) is 3.37. The Bertz CT molecular complexity index is 188. The molecule has 0 aromatic rings. The van der Waals surface area contributed by atoms with Gasteiger partial charge in [0.05, 0.1) is 12.6 Å². The number of ketones is 1. The topological polar surface area (TPSA) is 55.4 Å². The van der Waals surface area contributed by atoms with E-state index in [0.29, 0.717) is 25.4 Å². The van der Waals surface area contributed by atoms with E-state index < -0.39 is 0 Å². The average molecular weight is 233 g/mol. The summed E-state index contributed by atoms with van der Waals surface area (Å²) in [5.41, 5.74) is 0. The third-order valence-electron chi connectivity index (χ3n) is 1.83. The number of aldehydes is 1. The van der Waals surface area contributed by atoms with Crippen LogP contribution in [-0.4, -0.2) is 43.6 Å². The molecule has 5 heteroatoms. The SMILES string of the molecule is CC(=O)CCOCCCN[C@H](C=O)CS. The Morgan fingerprint density at radius 1 is 1.53 bits per heavy atom. The van der Waals surface area contributed by atoms with Gasteiger partial charge in [-0.05, 0) is 19.9 Å². The molecule has 0 aliphatic heterocycles. The lowest BCUT2D eigenvalue weighted by Crippen LogP contribution is -2.33. The van der Waals surface area contributed by atoms with Crippen LogP contribution in [0.15, 0.2) is 0 Å². The molecular formula is C10H19NO3S. The standard InChI is InChI=1S/C10H19NO3S/c1-9(13)3-6-14-5-2-4-11-10(7-12)8-15/h7,10-11,15H,2-6,8H2,1H3/t10-/m1/s1. The lowest BCUT2D eigenvalue weighted by atomic mass is 10.3. The largest absolute Gasteiger partial charge is 0.381 e. The maximum absolute atomic E-state index is 10.6. The molecule has 0 aliphatic carbocycles. The van der Waals surface area contributed by atoms with Crippen LogP contribution in [0.2, 0.25) is 0 Å². The van der Waals surface area contributed by atoms with Crippen molar-refractivity contribution in [3.05, 3.63) is 0 Å². The lowest BCUT2D eigenvalue weighted by Gasteiger charge is -2.09. The van der Waals surface area contributed by atoms with E-state index in [-0.39, 0.29) is 11.8 Å². The molecule has 1 atom stereocenters. The van der Waals surface area contributed by atoms with Crippen LogP contribution in [0.25, 0.3) is 0 Å². The average Bonchev–Trinajstić information content (AvgIpc) is 2.22. The molecule has 88 valence electrons. The van der Waals surface area contributed by atoms with E-state index >= 15 is 0 Å². The van der Waals surface area contributed by atoms with Crippen molar-refractivity contribution in [2.75, 3.05) is 25.5 Å². The van der Waals surface area contributed by atoms with Gasteiger partial charge < -0.3 is 14.8 Å². The molecule has 1 N–H and O–H groups in total. The monoisotopic (exact) mass is 233 g/mol. The Hall–Kier alpha value is -0.390. The zero-order valence-electron chi connectivity index (χ0n) is 9.07. The van der Waals surface area contributed by atoms with Crippen LogP contribution in [-0.2, 0) is 14.3 Å². The smallest absolute Gasteiger partial charge is 0.137 e. The fourth-order valence-corrected chi connectivity index (χ4v) is 1.15. The van der Waals surface area contributed by atoms with Crippen LogP contribution >= 0.6 is 12.6 Å². The van der Waals surface area contributed by atoms with Gasteiger partial charge in [0, 0.05) is 18.8 Å². The minimum absolute atomic E-state index is 0.143. The van der Waals surface area contributed by atoms with E-state index in [0.717, 1.165) is 19.3 Å². The van der Waals surface area contributed by atoms with Crippen LogP contribution < -0.4 is 5.32 Å². The van der Waals surface area contributed by atoms with Crippen molar-refractivity contribution in [1.29, 1.82) is 0 Å². The van der Waals surface area contributed by atoms with Gasteiger partial charge in [-0.15, -0.1) is 0 Å². The lowest BCUT2D eigenvalue weighted by molar-refractivity contribution is -0.118. The Morgan fingerprint density at radius 3 is 2.80 bits per heavy atom. The van der Waals surface area contributed by atoms with E-state index in [1.54, 1.807) is 6.92 Å². The van der Waals surface area contributed by atoms with Gasteiger partial charge in [-0.3, -0.25) is 4.79 Å². The second-order valence-electron chi connectivity index (χ2n) is 3.30. The molecule has 0 heterocycles. The summed E-state index contributed by atoms with van der Waals surface area (Å²) >= 11 is 4.01. The van der Waals surface area contributed by atoms with E-state index in [9.17, 15) is 9.59 Å². The number of thiol groups is 1. The Kier molecular flexibility index (Phi) is 9.88. The van der Waals surface area contributed by atoms with E-state index in [4.69, 9.17) is 4.74 Å². The first-order valence-corrected chi connectivity index (χ1v) is 5.70. The normalized spacial score (nSPS) is 12.4. The minimum atomic E-state index is -0.175. The second kappa shape index (κ2) is 10.1. The summed E-state index contributed by atoms with van der Waals surface area (Å²) in [6.07, 6.45) is 2.15. The minimum Gasteiger partial charge on any atom is -0.381 e. The van der Waals surface area contributed by atoms with E-state index in [2.05, 4.69) is 17.9 Å². The number of ether oxygens (including phenoxy) is 1. The third kappa shape index (κ3) is 9.90. The summed E-state index contributed by atoms with van der Waals surface area (Å²) in [6, 6.07) is -0.175. The number of nitrogens with one attached hydrogen (secondary N) is 1. The first-order chi connectivity index (χ1) is 7.20. The Morgan fingerprint density at radius 2 is 2.27 bits per heavy atom. The quantitative estimate of drug-likeness (QED) is 0.327. The summed E-state index contributed by atoms with van der Waals surface area (Å²) < 4.78 is 5.23. The molecule has 0 amide bonds. The number of hydrogen-bond donors (Lipinski definition) is 2. The number of rotatable bonds is 10. The molecule has 0 aromatic carbocycles. The van der Waals surface area contributed by atoms with Gasteiger partial charge >= 0.3 is 0 Å². The predicted molar refractivity (Wildman–Crippen MR) is 62.4 cm³/mol. The van der Waals surface area contributed by atoms with Crippen LogP contribution in [0, 0.1) is 0 Å². The van der Waals surface area contributed by atoms with Crippen molar-refractivity contribution in [3.8, 4) is 0 Å². The molecule has 0 aliphatic rings. The maximum Gasteiger partial charge on any atom is 0.137 e. The zero-order valence-corrected chi connectivity index (χ0v) is 9.96. The first kappa shape index (κ1) is 14.6. The molecule has 0 aromatic heterocycles. The summed E-state index contributed by atoms with van der Waals surface area (Å²) in [7, 11) is 0. The summed E-state index contributed by atoms with van der Waals surface area (Å²) in [5, 5.41) is 3.03. The molecular weight excluding hydrogens is 214 g/mol. The van der Waals surface area contributed by atoms with Crippen LogP contribution in [0.4, 0.5) is 0 Å². The number of Topliss-reactive ketones (excluding diaryl/α,β-unsaturated/α-hetero) is 1. The van der Waals surface area contributed by atoms with Crippen molar-refractivity contribution >= 4 is 24.7 Å². The van der Waals surface area contributed by atoms with Gasteiger partial charge in [-0.1, -0.05) is 0 Å². The number of carbonyl (C=O) groups is 2. The maximum atomic E-state index is 10.6. The van der Waals surface area contributed by atoms with Crippen molar-refractivity contribution in [1.82, 2.24) is 5.32 Å². The molecule has 0 bridgehead atoms. The van der Waals surface area contributed by atoms with Gasteiger partial charge in [0.1, 0.15) is 12.1 Å². The fraction of sp³-hybridized carbons (Fsp3) is 0.800. The van der Waals surface area contributed by atoms with Gasteiger partial charge in [0.2, 0.25) is 0 Å². The molecule has 0 fully saturated rings. The highest BCUT2D eigenvalue weighted by molar-refractivity contribution is 7.80. The third-order valence-corrected chi connectivity index (χ3v) is 2.22.